The lowest BCUT2D eigenvalue weighted by atomic mass is 9.97. The molecular formula is C22H23FN6O3. The van der Waals surface area contributed by atoms with Crippen molar-refractivity contribution >= 4 is 34.1 Å². The lowest BCUT2D eigenvalue weighted by molar-refractivity contribution is 0.121. The third kappa shape index (κ3) is 3.62. The Labute approximate surface area is 183 Å². The van der Waals surface area contributed by atoms with E-state index >= 15 is 4.39 Å². The summed E-state index contributed by atoms with van der Waals surface area (Å²) in [6, 6.07) is 3.32. The van der Waals surface area contributed by atoms with Crippen LogP contribution in [0.3, 0.4) is 0 Å². The van der Waals surface area contributed by atoms with Gasteiger partial charge in [-0.05, 0) is 43.0 Å². The van der Waals surface area contributed by atoms with Gasteiger partial charge < -0.3 is 25.8 Å². The number of carbonyl (C=O) groups is 1. The second kappa shape index (κ2) is 8.12. The third-order valence-electron chi connectivity index (χ3n) is 5.75. The van der Waals surface area contributed by atoms with Crippen molar-refractivity contribution in [3.63, 3.8) is 0 Å². The fourth-order valence-corrected chi connectivity index (χ4v) is 4.07. The number of benzene rings is 1. The highest BCUT2D eigenvalue weighted by Gasteiger charge is 2.22. The fourth-order valence-electron chi connectivity index (χ4n) is 4.07. The minimum atomic E-state index is -0.582. The van der Waals surface area contributed by atoms with E-state index in [0.29, 0.717) is 53.3 Å². The Morgan fingerprint density at radius 2 is 2.16 bits per heavy atom. The predicted molar refractivity (Wildman–Crippen MR) is 119 cm³/mol. The molecule has 0 radical (unpaired) electrons. The van der Waals surface area contributed by atoms with Crippen LogP contribution in [-0.4, -0.2) is 48.4 Å². The van der Waals surface area contributed by atoms with Crippen LogP contribution in [0.4, 0.5) is 26.4 Å². The first kappa shape index (κ1) is 20.3. The Morgan fingerprint density at radius 1 is 1.28 bits per heavy atom. The molecule has 3 aromatic rings. The van der Waals surface area contributed by atoms with E-state index in [-0.39, 0.29) is 11.8 Å². The van der Waals surface area contributed by atoms with Crippen molar-refractivity contribution in [3.8, 4) is 17.0 Å². The maximum atomic E-state index is 15.2. The SMILES string of the molecule is Cc1c(-c2cc3cc(NC(=O)O[C@H]4CCNC4)ncc3c(N)c2F)cnc2c1NCCO2. The molecule has 0 bridgehead atoms. The largest absolute Gasteiger partial charge is 0.474 e. The summed E-state index contributed by atoms with van der Waals surface area (Å²) in [6.45, 7) is 4.50. The van der Waals surface area contributed by atoms with Crippen LogP contribution in [0.25, 0.3) is 21.9 Å². The fraction of sp³-hybridized carbons (Fsp3) is 0.318. The number of nitrogens with two attached hydrogens (primary N) is 1. The second-order valence-corrected chi connectivity index (χ2v) is 7.84. The normalized spacial score (nSPS) is 17.4. The number of amides is 1. The summed E-state index contributed by atoms with van der Waals surface area (Å²) < 4.78 is 26.2. The molecule has 1 fully saturated rings. The summed E-state index contributed by atoms with van der Waals surface area (Å²) in [5.74, 6) is 0.244. The number of nitrogen functional groups attached to an aromatic ring is 1. The van der Waals surface area contributed by atoms with Gasteiger partial charge in [0.15, 0.2) is 5.82 Å². The highest BCUT2D eigenvalue weighted by molar-refractivity contribution is 5.99. The molecule has 9 nitrogen and oxygen atoms in total. The van der Waals surface area contributed by atoms with E-state index in [2.05, 4.69) is 25.9 Å². The maximum absolute atomic E-state index is 15.2. The molecular weight excluding hydrogens is 415 g/mol. The Kier molecular flexibility index (Phi) is 5.14. The van der Waals surface area contributed by atoms with Crippen molar-refractivity contribution in [1.29, 1.82) is 0 Å². The van der Waals surface area contributed by atoms with E-state index in [1.54, 1.807) is 18.3 Å². The molecule has 1 aromatic carbocycles. The molecule has 2 aromatic heterocycles. The minimum Gasteiger partial charge on any atom is -0.474 e. The number of hydrogen-bond acceptors (Lipinski definition) is 8. The van der Waals surface area contributed by atoms with Crippen molar-refractivity contribution in [2.45, 2.75) is 19.4 Å². The lowest BCUT2D eigenvalue weighted by Crippen LogP contribution is -2.24. The molecule has 2 aliphatic rings. The van der Waals surface area contributed by atoms with Crippen molar-refractivity contribution in [2.75, 3.05) is 42.6 Å². The van der Waals surface area contributed by atoms with E-state index in [9.17, 15) is 4.79 Å². The minimum absolute atomic E-state index is 0.0162. The van der Waals surface area contributed by atoms with Gasteiger partial charge in [-0.1, -0.05) is 0 Å². The van der Waals surface area contributed by atoms with Gasteiger partial charge in [0.1, 0.15) is 24.2 Å². The van der Waals surface area contributed by atoms with Crippen molar-refractivity contribution in [3.05, 3.63) is 35.9 Å². The Bertz CT molecular complexity index is 1210. The lowest BCUT2D eigenvalue weighted by Gasteiger charge is -2.22. The zero-order valence-corrected chi connectivity index (χ0v) is 17.5. The van der Waals surface area contributed by atoms with Gasteiger partial charge in [-0.15, -0.1) is 0 Å². The zero-order chi connectivity index (χ0) is 22.2. The summed E-state index contributed by atoms with van der Waals surface area (Å²) in [5.41, 5.74) is 8.57. The average Bonchev–Trinajstić information content (AvgIpc) is 3.30. The molecule has 4 heterocycles. The van der Waals surface area contributed by atoms with Gasteiger partial charge in [-0.3, -0.25) is 5.32 Å². The zero-order valence-electron chi connectivity index (χ0n) is 17.5. The Hall–Kier alpha value is -3.66. The number of aromatic nitrogens is 2. The van der Waals surface area contributed by atoms with Crippen molar-refractivity contribution < 1.29 is 18.7 Å². The number of nitrogens with one attached hydrogen (secondary N) is 3. The van der Waals surface area contributed by atoms with Gasteiger partial charge in [-0.2, -0.15) is 0 Å². The standard InChI is InChI=1S/C22H23FN6O3/c1-11-15(9-28-21-20(11)26-4-5-31-21)14-6-12-7-17(27-10-16(12)19(24)18(14)23)29-22(30)32-13-2-3-25-8-13/h6-7,9-10,13,25-26H,2-5,8,24H2,1H3,(H,27,29,30)/t13-/m0/s1. The molecule has 0 saturated carbocycles. The summed E-state index contributed by atoms with van der Waals surface area (Å²) >= 11 is 0. The molecule has 1 atom stereocenters. The molecule has 10 heteroatoms. The molecule has 5 rings (SSSR count). The predicted octanol–water partition coefficient (Wildman–Crippen LogP) is 3.04. The summed E-state index contributed by atoms with van der Waals surface area (Å²) in [4.78, 5) is 20.7. The van der Waals surface area contributed by atoms with Crippen LogP contribution >= 0.6 is 0 Å². The molecule has 0 unspecified atom stereocenters. The van der Waals surface area contributed by atoms with E-state index < -0.39 is 11.9 Å². The van der Waals surface area contributed by atoms with Crippen LogP contribution in [0.1, 0.15) is 12.0 Å². The summed E-state index contributed by atoms with van der Waals surface area (Å²) in [6.07, 6.45) is 3.05. The number of pyridine rings is 2. The Balaban J connectivity index is 1.50. The number of rotatable bonds is 3. The summed E-state index contributed by atoms with van der Waals surface area (Å²) in [5, 5.41) is 10.1. The number of carbonyl (C=O) groups excluding carboxylic acids is 1. The number of anilines is 3. The molecule has 2 aliphatic heterocycles. The molecule has 1 amide bonds. The molecule has 166 valence electrons. The second-order valence-electron chi connectivity index (χ2n) is 7.84. The molecule has 32 heavy (non-hydrogen) atoms. The average molecular weight is 438 g/mol. The third-order valence-corrected chi connectivity index (χ3v) is 5.75. The summed E-state index contributed by atoms with van der Waals surface area (Å²) in [7, 11) is 0. The molecule has 0 spiro atoms. The van der Waals surface area contributed by atoms with Crippen molar-refractivity contribution in [1.82, 2.24) is 15.3 Å². The van der Waals surface area contributed by atoms with E-state index in [4.69, 9.17) is 15.2 Å². The topological polar surface area (TPSA) is 123 Å². The van der Waals surface area contributed by atoms with Crippen LogP contribution in [-0.2, 0) is 4.74 Å². The Morgan fingerprint density at radius 3 is 2.97 bits per heavy atom. The van der Waals surface area contributed by atoms with Gasteiger partial charge in [0.05, 0.1) is 5.69 Å². The highest BCUT2D eigenvalue weighted by Crippen LogP contribution is 2.39. The first-order valence-corrected chi connectivity index (χ1v) is 10.4. The smallest absolute Gasteiger partial charge is 0.413 e. The quantitative estimate of drug-likeness (QED) is 0.460. The number of ether oxygens (including phenoxy) is 2. The van der Waals surface area contributed by atoms with Gasteiger partial charge >= 0.3 is 6.09 Å². The number of halogens is 1. The monoisotopic (exact) mass is 438 g/mol. The maximum Gasteiger partial charge on any atom is 0.413 e. The molecule has 0 aliphatic carbocycles. The first-order chi connectivity index (χ1) is 15.5. The van der Waals surface area contributed by atoms with Gasteiger partial charge in [-0.25, -0.2) is 19.2 Å². The van der Waals surface area contributed by atoms with Crippen LogP contribution in [0.15, 0.2) is 24.5 Å². The van der Waals surface area contributed by atoms with Crippen LogP contribution in [0.2, 0.25) is 0 Å². The molecule has 1 saturated heterocycles. The number of hydrogen-bond donors (Lipinski definition) is 4. The molecule has 5 N–H and O–H groups in total. The van der Waals surface area contributed by atoms with Gasteiger partial charge in [0.2, 0.25) is 5.88 Å². The van der Waals surface area contributed by atoms with Gasteiger partial charge in [0.25, 0.3) is 0 Å². The number of nitrogens with zero attached hydrogens (tertiary/aromatic N) is 2. The van der Waals surface area contributed by atoms with Crippen molar-refractivity contribution in [2.24, 2.45) is 0 Å². The highest BCUT2D eigenvalue weighted by atomic mass is 19.1. The van der Waals surface area contributed by atoms with Gasteiger partial charge in [0, 0.05) is 42.0 Å². The van der Waals surface area contributed by atoms with Crippen LogP contribution < -0.4 is 26.4 Å². The van der Waals surface area contributed by atoms with E-state index in [0.717, 1.165) is 24.2 Å². The van der Waals surface area contributed by atoms with E-state index in [1.165, 1.54) is 6.20 Å². The first-order valence-electron chi connectivity index (χ1n) is 10.4. The number of fused-ring (bicyclic) bond motifs is 2. The van der Waals surface area contributed by atoms with E-state index in [1.807, 2.05) is 6.92 Å². The van der Waals surface area contributed by atoms with Crippen LogP contribution in [0, 0.1) is 12.7 Å². The van der Waals surface area contributed by atoms with Crippen LogP contribution in [0.5, 0.6) is 5.88 Å².